The molecule has 0 N–H and O–H groups in total. The van der Waals surface area contributed by atoms with E-state index in [-0.39, 0.29) is 34.3 Å². The number of alkyl halides is 1. The highest BCUT2D eigenvalue weighted by molar-refractivity contribution is 6.31. The maximum absolute atomic E-state index is 13.7. The molecule has 20 heavy (non-hydrogen) atoms. The molecule has 1 aliphatic carbocycles. The van der Waals surface area contributed by atoms with Crippen molar-refractivity contribution in [3.8, 4) is 0 Å². The monoisotopic (exact) mass is 317 g/mol. The molecule has 1 aliphatic rings. The number of carbonyl (C=O) groups is 1. The minimum absolute atomic E-state index is 0.0196. The van der Waals surface area contributed by atoms with E-state index in [9.17, 15) is 9.18 Å². The van der Waals surface area contributed by atoms with E-state index < -0.39 is 5.82 Å². The van der Waals surface area contributed by atoms with Crippen LogP contribution in [0.4, 0.5) is 4.39 Å². The van der Waals surface area contributed by atoms with E-state index in [0.717, 1.165) is 25.7 Å². The number of benzene rings is 1. The van der Waals surface area contributed by atoms with Gasteiger partial charge in [-0.15, -0.1) is 11.6 Å². The summed E-state index contributed by atoms with van der Waals surface area (Å²) in [7, 11) is 1.74. The molecule has 1 saturated carbocycles. The predicted molar refractivity (Wildman–Crippen MR) is 79.8 cm³/mol. The van der Waals surface area contributed by atoms with Crippen LogP contribution < -0.4 is 0 Å². The Labute approximate surface area is 128 Å². The number of amides is 1. The Kier molecular flexibility index (Phi) is 5.28. The number of likely N-dealkylation sites (N-methyl/N-ethyl adjacent to an activating group) is 1. The van der Waals surface area contributed by atoms with Crippen molar-refractivity contribution in [2.75, 3.05) is 7.05 Å². The Morgan fingerprint density at radius 2 is 2.10 bits per heavy atom. The maximum atomic E-state index is 13.7. The Bertz CT molecular complexity index is 475. The fourth-order valence-corrected chi connectivity index (χ4v) is 3.34. The quantitative estimate of drug-likeness (QED) is 0.771. The molecule has 0 aliphatic heterocycles. The molecular formula is C15H18Cl2FNO. The number of carbonyl (C=O) groups excluding carboxylic acids is 1. The third-order valence-electron chi connectivity index (χ3n) is 3.93. The Balaban J connectivity index is 2.07. The molecule has 2 rings (SSSR count). The molecule has 1 amide bonds. The van der Waals surface area contributed by atoms with E-state index in [1.165, 1.54) is 12.1 Å². The van der Waals surface area contributed by atoms with Crippen molar-refractivity contribution in [2.45, 2.75) is 43.5 Å². The number of nitrogens with zero attached hydrogens (tertiary/aromatic N) is 1. The van der Waals surface area contributed by atoms with Crippen LogP contribution in [-0.4, -0.2) is 29.3 Å². The molecule has 2 nitrogen and oxygen atoms in total. The van der Waals surface area contributed by atoms with Gasteiger partial charge in [0.15, 0.2) is 0 Å². The third kappa shape index (κ3) is 3.44. The van der Waals surface area contributed by atoms with Gasteiger partial charge in [0.25, 0.3) is 0 Å². The summed E-state index contributed by atoms with van der Waals surface area (Å²) in [5, 5.41) is 0.270. The van der Waals surface area contributed by atoms with E-state index >= 15 is 0 Å². The lowest BCUT2D eigenvalue weighted by Gasteiger charge is -2.35. The molecular weight excluding hydrogens is 300 g/mol. The molecule has 0 spiro atoms. The van der Waals surface area contributed by atoms with Gasteiger partial charge in [0.1, 0.15) is 5.82 Å². The molecule has 110 valence electrons. The zero-order valence-corrected chi connectivity index (χ0v) is 12.9. The summed E-state index contributed by atoms with van der Waals surface area (Å²) in [5.41, 5.74) is 0.257. The molecule has 0 bridgehead atoms. The predicted octanol–water partition coefficient (Wildman–Crippen LogP) is 4.03. The van der Waals surface area contributed by atoms with E-state index in [1.54, 1.807) is 18.0 Å². The average Bonchev–Trinajstić information content (AvgIpc) is 2.42. The van der Waals surface area contributed by atoms with Crippen LogP contribution in [0.2, 0.25) is 5.02 Å². The first-order valence-electron chi connectivity index (χ1n) is 6.83. The summed E-state index contributed by atoms with van der Waals surface area (Å²) in [4.78, 5) is 14.0. The summed E-state index contributed by atoms with van der Waals surface area (Å²) in [5.74, 6) is -0.583. The maximum Gasteiger partial charge on any atom is 0.227 e. The summed E-state index contributed by atoms with van der Waals surface area (Å²) in [6.07, 6.45) is 3.98. The fourth-order valence-electron chi connectivity index (χ4n) is 2.66. The van der Waals surface area contributed by atoms with Crippen molar-refractivity contribution in [1.29, 1.82) is 0 Å². The number of hydrogen-bond acceptors (Lipinski definition) is 1. The third-order valence-corrected chi connectivity index (χ3v) is 4.79. The van der Waals surface area contributed by atoms with E-state index in [1.807, 2.05) is 0 Å². The first kappa shape index (κ1) is 15.6. The van der Waals surface area contributed by atoms with Crippen LogP contribution in [0.1, 0.15) is 31.2 Å². The van der Waals surface area contributed by atoms with Gasteiger partial charge in [0.2, 0.25) is 5.91 Å². The van der Waals surface area contributed by atoms with Crippen LogP contribution in [0.15, 0.2) is 18.2 Å². The van der Waals surface area contributed by atoms with Crippen LogP contribution in [0.3, 0.4) is 0 Å². The number of hydrogen-bond donors (Lipinski definition) is 0. The SMILES string of the molecule is CN(C(=O)Cc1c(F)cccc1Cl)C1CCCCC1Cl. The minimum Gasteiger partial charge on any atom is -0.341 e. The van der Waals surface area contributed by atoms with Crippen LogP contribution in [0.5, 0.6) is 0 Å². The Morgan fingerprint density at radius 1 is 1.40 bits per heavy atom. The zero-order chi connectivity index (χ0) is 14.7. The van der Waals surface area contributed by atoms with E-state index in [2.05, 4.69) is 0 Å². The molecule has 1 fully saturated rings. The van der Waals surface area contributed by atoms with Gasteiger partial charge < -0.3 is 4.90 Å². The molecule has 0 aromatic heterocycles. The zero-order valence-electron chi connectivity index (χ0n) is 11.4. The molecule has 1 aromatic carbocycles. The average molecular weight is 318 g/mol. The summed E-state index contributed by atoms with van der Waals surface area (Å²) in [6, 6.07) is 4.48. The standard InChI is InChI=1S/C15H18Cl2FNO/c1-19(14-8-3-2-5-12(14)17)15(20)9-10-11(16)6-4-7-13(10)18/h4,6-7,12,14H,2-3,5,8-9H2,1H3. The molecule has 2 unspecified atom stereocenters. The van der Waals surface area contributed by atoms with Crippen LogP contribution >= 0.6 is 23.2 Å². The fraction of sp³-hybridized carbons (Fsp3) is 0.533. The normalized spacial score (nSPS) is 22.6. The van der Waals surface area contributed by atoms with Crippen molar-refractivity contribution in [2.24, 2.45) is 0 Å². The first-order valence-corrected chi connectivity index (χ1v) is 7.64. The van der Waals surface area contributed by atoms with Gasteiger partial charge >= 0.3 is 0 Å². The summed E-state index contributed by atoms with van der Waals surface area (Å²) >= 11 is 12.2. The Hall–Kier alpha value is -0.800. The summed E-state index contributed by atoms with van der Waals surface area (Å²) < 4.78 is 13.7. The van der Waals surface area contributed by atoms with E-state index in [0.29, 0.717) is 0 Å². The van der Waals surface area contributed by atoms with Gasteiger partial charge in [-0.05, 0) is 25.0 Å². The van der Waals surface area contributed by atoms with Gasteiger partial charge in [-0.3, -0.25) is 4.79 Å². The highest BCUT2D eigenvalue weighted by Gasteiger charge is 2.29. The molecule has 0 heterocycles. The van der Waals surface area contributed by atoms with Gasteiger partial charge in [0.05, 0.1) is 11.8 Å². The minimum atomic E-state index is -0.440. The lowest BCUT2D eigenvalue weighted by molar-refractivity contribution is -0.131. The second-order valence-corrected chi connectivity index (χ2v) is 6.22. The van der Waals surface area contributed by atoms with Crippen molar-refractivity contribution < 1.29 is 9.18 Å². The highest BCUT2D eigenvalue weighted by Crippen LogP contribution is 2.27. The van der Waals surface area contributed by atoms with Crippen molar-refractivity contribution in [1.82, 2.24) is 4.90 Å². The smallest absolute Gasteiger partial charge is 0.227 e. The largest absolute Gasteiger partial charge is 0.341 e. The molecule has 0 radical (unpaired) electrons. The van der Waals surface area contributed by atoms with Crippen LogP contribution in [0.25, 0.3) is 0 Å². The van der Waals surface area contributed by atoms with Gasteiger partial charge in [-0.2, -0.15) is 0 Å². The number of rotatable bonds is 3. The van der Waals surface area contributed by atoms with Crippen molar-refractivity contribution >= 4 is 29.1 Å². The molecule has 5 heteroatoms. The second-order valence-electron chi connectivity index (χ2n) is 5.25. The second kappa shape index (κ2) is 6.77. The van der Waals surface area contributed by atoms with Gasteiger partial charge in [-0.1, -0.05) is 30.5 Å². The topological polar surface area (TPSA) is 20.3 Å². The molecule has 0 saturated heterocycles. The van der Waals surface area contributed by atoms with Gasteiger partial charge in [0, 0.05) is 23.7 Å². The first-order chi connectivity index (χ1) is 9.50. The highest BCUT2D eigenvalue weighted by atomic mass is 35.5. The lowest BCUT2D eigenvalue weighted by atomic mass is 9.93. The van der Waals surface area contributed by atoms with Gasteiger partial charge in [-0.25, -0.2) is 4.39 Å². The van der Waals surface area contributed by atoms with Crippen molar-refractivity contribution in [3.63, 3.8) is 0 Å². The van der Waals surface area contributed by atoms with Crippen LogP contribution in [0, 0.1) is 5.82 Å². The molecule has 1 aromatic rings. The molecule has 2 atom stereocenters. The van der Waals surface area contributed by atoms with E-state index in [4.69, 9.17) is 23.2 Å². The van der Waals surface area contributed by atoms with Crippen LogP contribution in [-0.2, 0) is 11.2 Å². The van der Waals surface area contributed by atoms with Crippen molar-refractivity contribution in [3.05, 3.63) is 34.6 Å². The number of halogens is 3. The summed E-state index contributed by atoms with van der Waals surface area (Å²) in [6.45, 7) is 0. The lowest BCUT2D eigenvalue weighted by Crippen LogP contribution is -2.44. The Morgan fingerprint density at radius 3 is 2.75 bits per heavy atom.